The van der Waals surface area contributed by atoms with Crippen LogP contribution >= 0.6 is 0 Å². The van der Waals surface area contributed by atoms with Crippen LogP contribution in [0.5, 0.6) is 28.7 Å². The van der Waals surface area contributed by atoms with Gasteiger partial charge >= 0.3 is 0 Å². The molecule has 0 saturated carbocycles. The molecule has 0 saturated heterocycles. The predicted molar refractivity (Wildman–Crippen MR) is 139 cm³/mol. The van der Waals surface area contributed by atoms with Crippen LogP contribution in [0.1, 0.15) is 83.3 Å². The Morgan fingerprint density at radius 1 is 0.971 bits per heavy atom. The minimum atomic E-state index is -0.213. The van der Waals surface area contributed by atoms with E-state index < -0.39 is 0 Å². The van der Waals surface area contributed by atoms with Gasteiger partial charge in [0.1, 0.15) is 34.3 Å². The van der Waals surface area contributed by atoms with Crippen molar-refractivity contribution in [2.75, 3.05) is 13.2 Å². The van der Waals surface area contributed by atoms with Crippen molar-refractivity contribution in [3.63, 3.8) is 0 Å². The highest BCUT2D eigenvalue weighted by molar-refractivity contribution is 5.54. The molecule has 2 aromatic carbocycles. The lowest BCUT2D eigenvalue weighted by atomic mass is 9.68. The highest BCUT2D eigenvalue weighted by Gasteiger charge is 2.45. The van der Waals surface area contributed by atoms with Crippen LogP contribution < -0.4 is 14.2 Å². The fraction of sp³-hybridized carbons (Fsp3) is 0.533. The molecule has 35 heavy (non-hydrogen) atoms. The average molecular weight is 481 g/mol. The number of ether oxygens (including phenoxy) is 3. The van der Waals surface area contributed by atoms with Gasteiger partial charge in [0.2, 0.25) is 0 Å². The molecule has 0 amide bonds. The van der Waals surface area contributed by atoms with Gasteiger partial charge in [-0.2, -0.15) is 0 Å². The van der Waals surface area contributed by atoms with Gasteiger partial charge in [0.25, 0.3) is 0 Å². The summed E-state index contributed by atoms with van der Waals surface area (Å²) in [6.45, 7) is 9.85. The van der Waals surface area contributed by atoms with E-state index in [4.69, 9.17) is 14.2 Å². The summed E-state index contributed by atoms with van der Waals surface area (Å²) >= 11 is 0. The molecule has 0 bridgehead atoms. The van der Waals surface area contributed by atoms with E-state index in [0.717, 1.165) is 37.2 Å². The molecule has 0 fully saturated rings. The molecule has 0 unspecified atom stereocenters. The lowest BCUT2D eigenvalue weighted by molar-refractivity contribution is 0.0104. The van der Waals surface area contributed by atoms with Crippen LogP contribution in [0, 0.1) is 5.92 Å². The molecule has 0 spiro atoms. The molecule has 1 heterocycles. The Labute approximate surface area is 209 Å². The second-order valence-corrected chi connectivity index (χ2v) is 10.6. The maximum atomic E-state index is 9.63. The monoisotopic (exact) mass is 480 g/mol. The summed E-state index contributed by atoms with van der Waals surface area (Å²) in [7, 11) is 0. The normalized spacial score (nSPS) is 20.3. The Bertz CT molecular complexity index is 1030. The number of rotatable bonds is 10. The number of allylic oxidation sites excluding steroid dienone is 2. The minimum Gasteiger partial charge on any atom is -0.508 e. The summed E-state index contributed by atoms with van der Waals surface area (Å²) in [5, 5.41) is 19.3. The van der Waals surface area contributed by atoms with E-state index in [0.29, 0.717) is 37.2 Å². The predicted octanol–water partition coefficient (Wildman–Crippen LogP) is 7.29. The van der Waals surface area contributed by atoms with Crippen LogP contribution in [-0.2, 0) is 6.42 Å². The van der Waals surface area contributed by atoms with Gasteiger partial charge in [-0.25, -0.2) is 0 Å². The van der Waals surface area contributed by atoms with Crippen LogP contribution in [0.25, 0.3) is 0 Å². The van der Waals surface area contributed by atoms with Crippen molar-refractivity contribution in [1.29, 1.82) is 0 Å². The summed E-state index contributed by atoms with van der Waals surface area (Å²) < 4.78 is 18.7. The summed E-state index contributed by atoms with van der Waals surface area (Å²) in [6, 6.07) is 8.73. The van der Waals surface area contributed by atoms with Crippen molar-refractivity contribution in [2.24, 2.45) is 5.92 Å². The number of unbranched alkanes of at least 4 members (excludes halogenated alkanes) is 2. The molecule has 2 aliphatic rings. The standard InChI is InChI=1S/C30H40O5/c1-5-6-7-9-21-15-27(34-13-8-12-33-24-18-22(31)17-23(32)19-24)29-25-14-20(2)10-11-26(25)30(3,4)35-28(29)16-21/h14-19,25-26,31-32H,5-13H2,1-4H3/t25-,26-/m1/s1. The number of hydrogen-bond donors (Lipinski definition) is 2. The summed E-state index contributed by atoms with van der Waals surface area (Å²) in [6.07, 6.45) is 9.95. The zero-order valence-electron chi connectivity index (χ0n) is 21.6. The van der Waals surface area contributed by atoms with E-state index in [-0.39, 0.29) is 17.1 Å². The topological polar surface area (TPSA) is 68.2 Å². The number of aryl methyl sites for hydroxylation is 1. The molecular formula is C30H40O5. The zero-order valence-corrected chi connectivity index (χ0v) is 21.6. The third kappa shape index (κ3) is 6.06. The molecule has 1 aliphatic heterocycles. The lowest BCUT2D eigenvalue weighted by Gasteiger charge is -2.46. The summed E-state index contributed by atoms with van der Waals surface area (Å²) in [4.78, 5) is 0. The first-order valence-electron chi connectivity index (χ1n) is 13.1. The quantitative estimate of drug-likeness (QED) is 0.276. The van der Waals surface area contributed by atoms with Gasteiger partial charge in [-0.05, 0) is 64.2 Å². The Balaban J connectivity index is 1.52. The Hall–Kier alpha value is -2.82. The first-order chi connectivity index (χ1) is 16.8. The molecule has 5 nitrogen and oxygen atoms in total. The van der Waals surface area contributed by atoms with E-state index >= 15 is 0 Å². The second-order valence-electron chi connectivity index (χ2n) is 10.6. The van der Waals surface area contributed by atoms with Crippen LogP contribution in [0.3, 0.4) is 0 Å². The number of aromatic hydroxyl groups is 2. The van der Waals surface area contributed by atoms with Crippen LogP contribution in [0.15, 0.2) is 42.0 Å². The highest BCUT2D eigenvalue weighted by Crippen LogP contribution is 2.53. The fourth-order valence-corrected chi connectivity index (χ4v) is 5.49. The van der Waals surface area contributed by atoms with Gasteiger partial charge in [0.05, 0.1) is 13.2 Å². The Morgan fingerprint density at radius 3 is 2.46 bits per heavy atom. The van der Waals surface area contributed by atoms with E-state index in [1.165, 1.54) is 47.7 Å². The van der Waals surface area contributed by atoms with E-state index in [2.05, 4.69) is 45.9 Å². The van der Waals surface area contributed by atoms with E-state index in [1.54, 1.807) is 0 Å². The molecule has 0 radical (unpaired) electrons. The maximum absolute atomic E-state index is 9.63. The molecule has 2 aromatic rings. The number of fused-ring (bicyclic) bond motifs is 3. The maximum Gasteiger partial charge on any atom is 0.127 e. The summed E-state index contributed by atoms with van der Waals surface area (Å²) in [5.74, 6) is 3.03. The lowest BCUT2D eigenvalue weighted by Crippen LogP contribution is -2.45. The van der Waals surface area contributed by atoms with Crippen LogP contribution in [-0.4, -0.2) is 29.0 Å². The third-order valence-corrected chi connectivity index (χ3v) is 7.27. The second kappa shape index (κ2) is 10.8. The van der Waals surface area contributed by atoms with Gasteiger partial charge in [-0.1, -0.05) is 31.4 Å². The Kier molecular flexibility index (Phi) is 7.83. The first kappa shape index (κ1) is 25.3. The first-order valence-corrected chi connectivity index (χ1v) is 13.1. The third-order valence-electron chi connectivity index (χ3n) is 7.27. The van der Waals surface area contributed by atoms with Gasteiger partial charge < -0.3 is 24.4 Å². The fourth-order valence-electron chi connectivity index (χ4n) is 5.49. The smallest absolute Gasteiger partial charge is 0.127 e. The van der Waals surface area contributed by atoms with Crippen LogP contribution in [0.2, 0.25) is 0 Å². The molecule has 2 atom stereocenters. The van der Waals surface area contributed by atoms with Gasteiger partial charge in [0, 0.05) is 42.0 Å². The molecule has 0 aromatic heterocycles. The van der Waals surface area contributed by atoms with E-state index in [9.17, 15) is 10.2 Å². The number of phenols is 2. The van der Waals surface area contributed by atoms with Gasteiger partial charge in [-0.15, -0.1) is 0 Å². The molecule has 4 rings (SSSR count). The van der Waals surface area contributed by atoms with Gasteiger partial charge in [-0.3, -0.25) is 0 Å². The molecule has 190 valence electrons. The highest BCUT2D eigenvalue weighted by atomic mass is 16.5. The van der Waals surface area contributed by atoms with Crippen LogP contribution in [0.4, 0.5) is 0 Å². The minimum absolute atomic E-state index is 0.0175. The average Bonchev–Trinajstić information content (AvgIpc) is 2.77. The Morgan fingerprint density at radius 2 is 1.71 bits per heavy atom. The van der Waals surface area contributed by atoms with Crippen molar-refractivity contribution >= 4 is 0 Å². The molecule has 1 aliphatic carbocycles. The molecule has 5 heteroatoms. The van der Waals surface area contributed by atoms with Crippen molar-refractivity contribution in [3.8, 4) is 28.7 Å². The summed E-state index contributed by atoms with van der Waals surface area (Å²) in [5.41, 5.74) is 3.68. The number of phenolic OH excluding ortho intramolecular Hbond substituents is 2. The van der Waals surface area contributed by atoms with Gasteiger partial charge in [0.15, 0.2) is 0 Å². The van der Waals surface area contributed by atoms with E-state index in [1.807, 2.05) is 0 Å². The molecule has 2 N–H and O–H groups in total. The van der Waals surface area contributed by atoms with Crippen molar-refractivity contribution in [3.05, 3.63) is 53.1 Å². The van der Waals surface area contributed by atoms with Crippen molar-refractivity contribution in [2.45, 2.75) is 84.2 Å². The number of benzene rings is 2. The zero-order chi connectivity index (χ0) is 25.0. The van der Waals surface area contributed by atoms with Crippen molar-refractivity contribution in [1.82, 2.24) is 0 Å². The SMILES string of the molecule is CCCCCc1cc(OCCCOc2cc(O)cc(O)c2)c2c(c1)OC(C)(C)[C@@H]1CCC(C)=C[C@@H]21. The van der Waals surface area contributed by atoms with Crippen molar-refractivity contribution < 1.29 is 24.4 Å². The molecular weight excluding hydrogens is 440 g/mol. The number of hydrogen-bond acceptors (Lipinski definition) is 5. The largest absolute Gasteiger partial charge is 0.508 e.